The maximum atomic E-state index is 14.1. The summed E-state index contributed by atoms with van der Waals surface area (Å²) in [6, 6.07) is 6.11. The van der Waals surface area contributed by atoms with E-state index in [9.17, 15) is 4.39 Å². The molecule has 1 saturated heterocycles. The van der Waals surface area contributed by atoms with Gasteiger partial charge in [-0.2, -0.15) is 0 Å². The molecule has 2 N–H and O–H groups in total. The number of nitrogen functional groups attached to an aromatic ring is 1. The minimum absolute atomic E-state index is 0.168. The predicted octanol–water partition coefficient (Wildman–Crippen LogP) is 3.55. The average Bonchev–Trinajstić information content (AvgIpc) is 3.16. The number of rotatable bonds is 3. The second kappa shape index (κ2) is 7.96. The first-order chi connectivity index (χ1) is 14.6. The van der Waals surface area contributed by atoms with Crippen LogP contribution >= 0.6 is 0 Å². The molecule has 30 heavy (non-hydrogen) atoms. The van der Waals surface area contributed by atoms with Crippen molar-refractivity contribution in [3.63, 3.8) is 0 Å². The summed E-state index contributed by atoms with van der Waals surface area (Å²) >= 11 is 0. The standard InChI is InChI=1S/C23H29FN6/c1-28-8-10-29(11-9-28)17-3-5-18(6-4-17)30-14-20(19-13-26-15-27-23(19)30)16-2-7-22(25)21(24)12-16/h2,7,12-15,17-18H,3-6,8-11,25H2,1H3. The highest BCUT2D eigenvalue weighted by atomic mass is 19.1. The van der Waals surface area contributed by atoms with Gasteiger partial charge >= 0.3 is 0 Å². The quantitative estimate of drug-likeness (QED) is 0.672. The summed E-state index contributed by atoms with van der Waals surface area (Å²) in [4.78, 5) is 13.9. The van der Waals surface area contributed by atoms with Gasteiger partial charge in [-0.1, -0.05) is 6.07 Å². The molecule has 2 aliphatic rings. The molecule has 0 amide bonds. The topological polar surface area (TPSA) is 63.2 Å². The Bertz CT molecular complexity index is 1030. The van der Waals surface area contributed by atoms with Crippen LogP contribution in [0.4, 0.5) is 10.1 Å². The molecule has 1 aromatic carbocycles. The maximum absolute atomic E-state index is 14.1. The Balaban J connectivity index is 1.39. The number of nitrogens with zero attached hydrogens (tertiary/aromatic N) is 5. The molecule has 6 nitrogen and oxygen atoms in total. The number of hydrogen-bond acceptors (Lipinski definition) is 5. The molecular weight excluding hydrogens is 379 g/mol. The van der Waals surface area contributed by atoms with Gasteiger partial charge in [-0.25, -0.2) is 14.4 Å². The van der Waals surface area contributed by atoms with Gasteiger partial charge in [-0.15, -0.1) is 0 Å². The summed E-state index contributed by atoms with van der Waals surface area (Å²) in [7, 11) is 2.21. The Morgan fingerprint density at radius 3 is 2.50 bits per heavy atom. The van der Waals surface area contributed by atoms with Crippen LogP contribution in [0.25, 0.3) is 22.2 Å². The van der Waals surface area contributed by atoms with Crippen molar-refractivity contribution < 1.29 is 4.39 Å². The van der Waals surface area contributed by atoms with E-state index in [2.05, 4.69) is 37.6 Å². The van der Waals surface area contributed by atoms with E-state index in [1.165, 1.54) is 45.1 Å². The number of benzene rings is 1. The van der Waals surface area contributed by atoms with Gasteiger partial charge in [0.25, 0.3) is 0 Å². The summed E-state index contributed by atoms with van der Waals surface area (Å²) in [5.41, 5.74) is 8.55. The second-order valence-electron chi connectivity index (χ2n) is 8.75. The smallest absolute Gasteiger partial charge is 0.146 e. The Morgan fingerprint density at radius 2 is 1.77 bits per heavy atom. The first kappa shape index (κ1) is 19.5. The molecule has 1 aliphatic heterocycles. The van der Waals surface area contributed by atoms with Crippen LogP contribution in [0.5, 0.6) is 0 Å². The number of piperazine rings is 1. The number of aromatic nitrogens is 3. The maximum Gasteiger partial charge on any atom is 0.146 e. The predicted molar refractivity (Wildman–Crippen MR) is 118 cm³/mol. The van der Waals surface area contributed by atoms with Gasteiger partial charge in [0.05, 0.1) is 5.69 Å². The molecule has 7 heteroatoms. The number of halogens is 1. The van der Waals surface area contributed by atoms with Crippen LogP contribution < -0.4 is 5.73 Å². The van der Waals surface area contributed by atoms with Gasteiger partial charge in [0.1, 0.15) is 17.8 Å². The average molecular weight is 409 g/mol. The van der Waals surface area contributed by atoms with Gasteiger partial charge in [0.2, 0.25) is 0 Å². The zero-order valence-electron chi connectivity index (χ0n) is 17.5. The molecule has 3 heterocycles. The van der Waals surface area contributed by atoms with E-state index in [1.54, 1.807) is 12.4 Å². The summed E-state index contributed by atoms with van der Waals surface area (Å²) in [6.45, 7) is 4.69. The Morgan fingerprint density at radius 1 is 1.03 bits per heavy atom. The lowest BCUT2D eigenvalue weighted by Crippen LogP contribution is -2.49. The van der Waals surface area contributed by atoms with E-state index in [1.807, 2.05) is 12.3 Å². The molecule has 0 bridgehead atoms. The van der Waals surface area contributed by atoms with Crippen molar-refractivity contribution in [3.8, 4) is 11.1 Å². The van der Waals surface area contributed by atoms with Crippen LogP contribution in [0.1, 0.15) is 31.7 Å². The third-order valence-corrected chi connectivity index (χ3v) is 6.92. The second-order valence-corrected chi connectivity index (χ2v) is 8.75. The van der Waals surface area contributed by atoms with E-state index in [0.717, 1.165) is 35.0 Å². The molecule has 1 saturated carbocycles. The largest absolute Gasteiger partial charge is 0.396 e. The van der Waals surface area contributed by atoms with Crippen molar-refractivity contribution in [2.24, 2.45) is 0 Å². The third-order valence-electron chi connectivity index (χ3n) is 6.92. The number of fused-ring (bicyclic) bond motifs is 1. The van der Waals surface area contributed by atoms with Crippen LogP contribution in [0.15, 0.2) is 36.9 Å². The van der Waals surface area contributed by atoms with Crippen LogP contribution in [-0.4, -0.2) is 63.6 Å². The summed E-state index contributed by atoms with van der Waals surface area (Å²) in [5.74, 6) is -0.391. The highest BCUT2D eigenvalue weighted by Gasteiger charge is 2.29. The number of anilines is 1. The highest BCUT2D eigenvalue weighted by molar-refractivity contribution is 5.93. The molecule has 0 unspecified atom stereocenters. The third kappa shape index (κ3) is 3.56. The van der Waals surface area contributed by atoms with Gasteiger partial charge < -0.3 is 15.2 Å². The normalized spacial score (nSPS) is 23.8. The lowest BCUT2D eigenvalue weighted by Gasteiger charge is -2.41. The van der Waals surface area contributed by atoms with E-state index in [0.29, 0.717) is 12.1 Å². The van der Waals surface area contributed by atoms with Crippen molar-refractivity contribution >= 4 is 16.7 Å². The molecule has 0 radical (unpaired) electrons. The van der Waals surface area contributed by atoms with Crippen LogP contribution in [0.2, 0.25) is 0 Å². The lowest BCUT2D eigenvalue weighted by molar-refractivity contribution is 0.0828. The van der Waals surface area contributed by atoms with Crippen molar-refractivity contribution in [1.82, 2.24) is 24.3 Å². The van der Waals surface area contributed by atoms with Crippen molar-refractivity contribution in [2.45, 2.75) is 37.8 Å². The summed E-state index contributed by atoms with van der Waals surface area (Å²) in [5, 5.41) is 0.961. The van der Waals surface area contributed by atoms with E-state index in [-0.39, 0.29) is 5.69 Å². The van der Waals surface area contributed by atoms with Crippen molar-refractivity contribution in [3.05, 3.63) is 42.7 Å². The minimum Gasteiger partial charge on any atom is -0.396 e. The first-order valence-electron chi connectivity index (χ1n) is 10.9. The Kier molecular flexibility index (Phi) is 5.16. The van der Waals surface area contributed by atoms with E-state index in [4.69, 9.17) is 5.73 Å². The number of hydrogen-bond donors (Lipinski definition) is 1. The fraction of sp³-hybridized carbons (Fsp3) is 0.478. The SMILES string of the molecule is CN1CCN(C2CCC(n3cc(-c4ccc(N)c(F)c4)c4cncnc43)CC2)CC1. The molecule has 3 aromatic rings. The molecule has 0 atom stereocenters. The molecule has 2 fully saturated rings. The summed E-state index contributed by atoms with van der Waals surface area (Å²) < 4.78 is 16.4. The lowest BCUT2D eigenvalue weighted by atomic mass is 9.89. The zero-order chi connectivity index (χ0) is 20.7. The van der Waals surface area contributed by atoms with E-state index >= 15 is 0 Å². The van der Waals surface area contributed by atoms with E-state index < -0.39 is 5.82 Å². The van der Waals surface area contributed by atoms with Crippen molar-refractivity contribution in [1.29, 1.82) is 0 Å². The number of likely N-dealkylation sites (N-methyl/N-ethyl adjacent to an activating group) is 1. The molecule has 5 rings (SSSR count). The molecule has 158 valence electrons. The zero-order valence-corrected chi connectivity index (χ0v) is 17.5. The van der Waals surface area contributed by atoms with Gasteiger partial charge in [-0.3, -0.25) is 4.90 Å². The molecular formula is C23H29FN6. The van der Waals surface area contributed by atoms with Crippen LogP contribution in [0.3, 0.4) is 0 Å². The highest BCUT2D eigenvalue weighted by Crippen LogP contribution is 2.37. The van der Waals surface area contributed by atoms with Gasteiger partial charge in [0.15, 0.2) is 0 Å². The van der Waals surface area contributed by atoms with Crippen molar-refractivity contribution in [2.75, 3.05) is 39.0 Å². The fourth-order valence-corrected chi connectivity index (χ4v) is 5.08. The Labute approximate surface area is 176 Å². The van der Waals surface area contributed by atoms with Crippen LogP contribution in [-0.2, 0) is 0 Å². The summed E-state index contributed by atoms with van der Waals surface area (Å²) in [6.07, 6.45) is 10.3. The molecule has 2 aromatic heterocycles. The Hall–Kier alpha value is -2.51. The number of nitrogens with two attached hydrogens (primary N) is 1. The van der Waals surface area contributed by atoms with Gasteiger partial charge in [-0.05, 0) is 50.4 Å². The monoisotopic (exact) mass is 408 g/mol. The van der Waals surface area contributed by atoms with Crippen LogP contribution in [0, 0.1) is 5.82 Å². The van der Waals surface area contributed by atoms with Gasteiger partial charge in [0, 0.05) is 61.6 Å². The fourth-order valence-electron chi connectivity index (χ4n) is 5.08. The minimum atomic E-state index is -0.391. The molecule has 1 aliphatic carbocycles. The first-order valence-corrected chi connectivity index (χ1v) is 10.9. The molecule has 0 spiro atoms.